The molecule has 1 aromatic rings. The van der Waals surface area contributed by atoms with Gasteiger partial charge in [-0.05, 0) is 24.9 Å². The number of rotatable bonds is 7. The van der Waals surface area contributed by atoms with E-state index in [1.54, 1.807) is 0 Å². The molecule has 1 aromatic carbocycles. The zero-order valence-electron chi connectivity index (χ0n) is 11.0. The maximum Gasteiger partial charge on any atom is 0.275 e. The molecular formula is C10H12ClN5O4S. The molecule has 0 saturated heterocycles. The van der Waals surface area contributed by atoms with E-state index in [1.807, 2.05) is 0 Å². The van der Waals surface area contributed by atoms with Crippen LogP contribution in [0.3, 0.4) is 0 Å². The van der Waals surface area contributed by atoms with Gasteiger partial charge in [0.15, 0.2) is 0 Å². The van der Waals surface area contributed by atoms with Crippen molar-refractivity contribution < 1.29 is 13.3 Å². The standard InChI is InChI=1S/C10H12ClN5O4S/c1-7-9(11)5-8(6-10(7)16(17)18)21(19,20)14-4-2-3-13-15-12/h5-6,14H,2-4H2,1H3. The minimum absolute atomic E-state index is 0.00124. The average Bonchev–Trinajstić information content (AvgIpc) is 2.40. The van der Waals surface area contributed by atoms with Gasteiger partial charge in [0.25, 0.3) is 5.69 Å². The van der Waals surface area contributed by atoms with Gasteiger partial charge in [0.05, 0.1) is 14.8 Å². The predicted octanol–water partition coefficient (Wildman–Crippen LogP) is 2.54. The third-order valence-corrected chi connectivity index (χ3v) is 4.42. The predicted molar refractivity (Wildman–Crippen MR) is 76.7 cm³/mol. The van der Waals surface area contributed by atoms with Crippen molar-refractivity contribution in [3.8, 4) is 0 Å². The number of nitro benzene ring substituents is 1. The molecule has 0 aliphatic rings. The van der Waals surface area contributed by atoms with Crippen molar-refractivity contribution in [1.29, 1.82) is 0 Å². The Morgan fingerprint density at radius 1 is 1.52 bits per heavy atom. The molecule has 0 bridgehead atoms. The zero-order valence-corrected chi connectivity index (χ0v) is 12.6. The second-order valence-corrected chi connectivity index (χ2v) is 6.19. The summed E-state index contributed by atoms with van der Waals surface area (Å²) in [6, 6.07) is 2.11. The molecule has 0 radical (unpaired) electrons. The highest BCUT2D eigenvalue weighted by Crippen LogP contribution is 2.29. The molecule has 0 unspecified atom stereocenters. The summed E-state index contributed by atoms with van der Waals surface area (Å²) in [7, 11) is -3.92. The fraction of sp³-hybridized carbons (Fsp3) is 0.400. The lowest BCUT2D eigenvalue weighted by Gasteiger charge is -2.08. The fourth-order valence-electron chi connectivity index (χ4n) is 1.47. The van der Waals surface area contributed by atoms with Crippen molar-refractivity contribution in [2.45, 2.75) is 18.2 Å². The number of nitro groups is 1. The SMILES string of the molecule is Cc1c(Cl)cc(S(=O)(=O)NCCCN=[N+]=[N-])cc1[N+](=O)[O-]. The largest absolute Gasteiger partial charge is 0.275 e. The maximum absolute atomic E-state index is 12.0. The van der Waals surface area contributed by atoms with E-state index in [1.165, 1.54) is 6.92 Å². The summed E-state index contributed by atoms with van der Waals surface area (Å²) < 4.78 is 26.3. The highest BCUT2D eigenvalue weighted by molar-refractivity contribution is 7.89. The highest BCUT2D eigenvalue weighted by Gasteiger charge is 2.22. The number of nitrogens with one attached hydrogen (secondary N) is 1. The molecule has 0 amide bonds. The van der Waals surface area contributed by atoms with E-state index in [2.05, 4.69) is 14.7 Å². The minimum Gasteiger partial charge on any atom is -0.258 e. The Balaban J connectivity index is 2.98. The van der Waals surface area contributed by atoms with Crippen molar-refractivity contribution in [2.24, 2.45) is 5.11 Å². The van der Waals surface area contributed by atoms with Crippen molar-refractivity contribution in [3.63, 3.8) is 0 Å². The number of benzene rings is 1. The second kappa shape index (κ2) is 7.23. The Bertz CT molecular complexity index is 700. The lowest BCUT2D eigenvalue weighted by atomic mass is 10.2. The summed E-state index contributed by atoms with van der Waals surface area (Å²) in [5.74, 6) is 0. The molecule has 0 aliphatic carbocycles. The van der Waals surface area contributed by atoms with Crippen LogP contribution in [0, 0.1) is 17.0 Å². The smallest absolute Gasteiger partial charge is 0.258 e. The van der Waals surface area contributed by atoms with Crippen LogP contribution in [-0.2, 0) is 10.0 Å². The van der Waals surface area contributed by atoms with E-state index in [9.17, 15) is 18.5 Å². The first-order valence-corrected chi connectivity index (χ1v) is 7.60. The quantitative estimate of drug-likeness (QED) is 0.204. The van der Waals surface area contributed by atoms with Gasteiger partial charge in [-0.1, -0.05) is 16.7 Å². The Morgan fingerprint density at radius 3 is 2.76 bits per heavy atom. The van der Waals surface area contributed by atoms with Gasteiger partial charge < -0.3 is 0 Å². The van der Waals surface area contributed by atoms with Crippen LogP contribution in [0.15, 0.2) is 22.1 Å². The molecule has 0 saturated carbocycles. The number of hydrogen-bond donors (Lipinski definition) is 1. The number of sulfonamides is 1. The molecular weight excluding hydrogens is 322 g/mol. The number of nitrogens with zero attached hydrogens (tertiary/aromatic N) is 4. The van der Waals surface area contributed by atoms with E-state index in [0.717, 1.165) is 12.1 Å². The molecule has 1 N–H and O–H groups in total. The Kier molecular flexibility index (Phi) is 5.91. The first kappa shape index (κ1) is 17.2. The highest BCUT2D eigenvalue weighted by atomic mass is 35.5. The van der Waals surface area contributed by atoms with Gasteiger partial charge in [-0.2, -0.15) is 0 Å². The lowest BCUT2D eigenvalue weighted by Crippen LogP contribution is -2.25. The van der Waals surface area contributed by atoms with Crippen molar-refractivity contribution >= 4 is 27.3 Å². The minimum atomic E-state index is -3.92. The molecule has 0 atom stereocenters. The van der Waals surface area contributed by atoms with Crippen LogP contribution in [-0.4, -0.2) is 26.4 Å². The monoisotopic (exact) mass is 333 g/mol. The normalized spacial score (nSPS) is 11.0. The van der Waals surface area contributed by atoms with Gasteiger partial charge in [-0.25, -0.2) is 13.1 Å². The van der Waals surface area contributed by atoms with Crippen LogP contribution in [0.25, 0.3) is 10.4 Å². The Labute approximate surface area is 125 Å². The molecule has 114 valence electrons. The molecule has 0 fully saturated rings. The summed E-state index contributed by atoms with van der Waals surface area (Å²) >= 11 is 5.82. The lowest BCUT2D eigenvalue weighted by molar-refractivity contribution is -0.385. The third-order valence-electron chi connectivity index (χ3n) is 2.59. The van der Waals surface area contributed by atoms with Crippen LogP contribution in [0.1, 0.15) is 12.0 Å². The molecule has 0 aliphatic heterocycles. The maximum atomic E-state index is 12.0. The van der Waals surface area contributed by atoms with E-state index in [0.29, 0.717) is 6.42 Å². The van der Waals surface area contributed by atoms with E-state index >= 15 is 0 Å². The summed E-state index contributed by atoms with van der Waals surface area (Å²) in [5.41, 5.74) is 7.92. The van der Waals surface area contributed by atoms with Gasteiger partial charge >= 0.3 is 0 Å². The van der Waals surface area contributed by atoms with Crippen molar-refractivity contribution in [3.05, 3.63) is 43.3 Å². The van der Waals surface area contributed by atoms with Crippen molar-refractivity contribution in [2.75, 3.05) is 13.1 Å². The molecule has 21 heavy (non-hydrogen) atoms. The summed E-state index contributed by atoms with van der Waals surface area (Å²) in [6.45, 7) is 1.62. The van der Waals surface area contributed by atoms with Crippen LogP contribution in [0.5, 0.6) is 0 Å². The summed E-state index contributed by atoms with van der Waals surface area (Å²) in [4.78, 5) is 12.4. The van der Waals surface area contributed by atoms with Gasteiger partial charge in [0, 0.05) is 29.6 Å². The molecule has 0 heterocycles. The zero-order chi connectivity index (χ0) is 16.0. The van der Waals surface area contributed by atoms with Crippen LogP contribution in [0.2, 0.25) is 5.02 Å². The van der Waals surface area contributed by atoms with Gasteiger partial charge in [-0.15, -0.1) is 0 Å². The average molecular weight is 334 g/mol. The summed E-state index contributed by atoms with van der Waals surface area (Å²) in [6.07, 6.45) is 0.310. The van der Waals surface area contributed by atoms with Gasteiger partial charge in [0.2, 0.25) is 10.0 Å². The third kappa shape index (κ3) is 4.57. The first-order chi connectivity index (χ1) is 9.79. The molecule has 1 rings (SSSR count). The number of azide groups is 1. The van der Waals surface area contributed by atoms with Crippen LogP contribution < -0.4 is 4.72 Å². The van der Waals surface area contributed by atoms with E-state index < -0.39 is 14.9 Å². The molecule has 11 heteroatoms. The second-order valence-electron chi connectivity index (χ2n) is 4.01. The number of hydrogen-bond acceptors (Lipinski definition) is 5. The molecule has 0 aromatic heterocycles. The fourth-order valence-corrected chi connectivity index (χ4v) is 2.87. The van der Waals surface area contributed by atoms with Gasteiger partial charge in [-0.3, -0.25) is 10.1 Å². The Hall–Kier alpha value is -1.87. The summed E-state index contributed by atoms with van der Waals surface area (Å²) in [5, 5.41) is 14.1. The van der Waals surface area contributed by atoms with Crippen LogP contribution in [0.4, 0.5) is 5.69 Å². The van der Waals surface area contributed by atoms with Crippen molar-refractivity contribution in [1.82, 2.24) is 4.72 Å². The topological polar surface area (TPSA) is 138 Å². The van der Waals surface area contributed by atoms with E-state index in [-0.39, 0.29) is 34.3 Å². The number of halogens is 1. The van der Waals surface area contributed by atoms with Crippen LogP contribution >= 0.6 is 11.6 Å². The van der Waals surface area contributed by atoms with Gasteiger partial charge in [0.1, 0.15) is 0 Å². The molecule has 9 nitrogen and oxygen atoms in total. The molecule has 0 spiro atoms. The van der Waals surface area contributed by atoms with E-state index in [4.69, 9.17) is 17.1 Å². The first-order valence-electron chi connectivity index (χ1n) is 5.74. The Morgan fingerprint density at radius 2 is 2.19 bits per heavy atom.